The van der Waals surface area contributed by atoms with E-state index in [-0.39, 0.29) is 18.0 Å². The van der Waals surface area contributed by atoms with Crippen LogP contribution in [-0.2, 0) is 0 Å². The molecule has 0 radical (unpaired) electrons. The van der Waals surface area contributed by atoms with Crippen molar-refractivity contribution in [2.45, 2.75) is 6.23 Å². The van der Waals surface area contributed by atoms with Gasteiger partial charge in [-0.2, -0.15) is 0 Å². The number of rotatable bonds is 9. The number of carbonyl (C=O) groups excluding carboxylic acids is 1. The van der Waals surface area contributed by atoms with Crippen LogP contribution in [0.5, 0.6) is 17.2 Å². The number of hydrogen-bond donors (Lipinski definition) is 2. The van der Waals surface area contributed by atoms with Crippen LogP contribution in [0.1, 0.15) is 22.3 Å². The zero-order chi connectivity index (χ0) is 22.4. The summed E-state index contributed by atoms with van der Waals surface area (Å²) in [6.45, 7) is -0.169. The molecule has 0 aliphatic carbocycles. The highest BCUT2D eigenvalue weighted by Gasteiger charge is 2.17. The summed E-state index contributed by atoms with van der Waals surface area (Å²) in [6.07, 6.45) is -1.11. The Kier molecular flexibility index (Phi) is 7.17. The Morgan fingerprint density at radius 3 is 2.39 bits per heavy atom. The van der Waals surface area contributed by atoms with Crippen molar-refractivity contribution < 1.29 is 28.5 Å². The molecule has 0 aliphatic rings. The molecule has 162 valence electrons. The molecule has 7 nitrogen and oxygen atoms in total. The number of aromatic nitrogens is 1. The van der Waals surface area contributed by atoms with Gasteiger partial charge < -0.3 is 19.3 Å². The fraction of sp³-hybridized carbons (Fsp3) is 0.217. The van der Waals surface area contributed by atoms with E-state index in [1.54, 1.807) is 36.4 Å². The quantitative estimate of drug-likeness (QED) is 0.400. The molecule has 1 atom stereocenters. The lowest BCUT2D eigenvalue weighted by Gasteiger charge is -2.15. The number of methoxy groups -OCH3 is 3. The van der Waals surface area contributed by atoms with Gasteiger partial charge in [-0.05, 0) is 42.0 Å². The minimum absolute atomic E-state index is 0.159. The number of Topliss-reactive ketones (excluding diaryl/α,β-unsaturated/α-hetero) is 1. The fourth-order valence-electron chi connectivity index (χ4n) is 3.03. The summed E-state index contributed by atoms with van der Waals surface area (Å²) in [5.74, 6) is 0.642. The summed E-state index contributed by atoms with van der Waals surface area (Å²) < 4.78 is 29.3. The second-order valence-corrected chi connectivity index (χ2v) is 6.58. The third-order valence-electron chi connectivity index (χ3n) is 4.64. The third-order valence-corrected chi connectivity index (χ3v) is 4.64. The first kappa shape index (κ1) is 22.2. The lowest BCUT2D eigenvalue weighted by molar-refractivity contribution is 0.0920. The number of benzene rings is 2. The lowest BCUT2D eigenvalue weighted by Crippen LogP contribution is -2.28. The van der Waals surface area contributed by atoms with Gasteiger partial charge in [0.15, 0.2) is 17.3 Å². The molecule has 0 fully saturated rings. The Bertz CT molecular complexity index is 1070. The number of ether oxygens (including phenoxy) is 3. The van der Waals surface area contributed by atoms with E-state index in [1.807, 2.05) is 0 Å². The summed E-state index contributed by atoms with van der Waals surface area (Å²) in [5, 5.41) is 13.2. The molecule has 0 saturated heterocycles. The van der Waals surface area contributed by atoms with Gasteiger partial charge in [-0.3, -0.25) is 10.1 Å². The van der Waals surface area contributed by atoms with Crippen molar-refractivity contribution in [3.8, 4) is 28.5 Å². The van der Waals surface area contributed by atoms with E-state index in [2.05, 4.69) is 10.3 Å². The number of aliphatic hydroxyl groups is 1. The number of hydrogen-bond acceptors (Lipinski definition) is 7. The summed E-state index contributed by atoms with van der Waals surface area (Å²) in [4.78, 5) is 17.0. The predicted molar refractivity (Wildman–Crippen MR) is 113 cm³/mol. The summed E-state index contributed by atoms with van der Waals surface area (Å²) >= 11 is 0. The first-order valence-electron chi connectivity index (χ1n) is 9.44. The number of halogens is 1. The van der Waals surface area contributed by atoms with Crippen LogP contribution < -0.4 is 19.5 Å². The molecule has 1 heterocycles. The van der Waals surface area contributed by atoms with Gasteiger partial charge in [0.1, 0.15) is 29.2 Å². The summed E-state index contributed by atoms with van der Waals surface area (Å²) in [7, 11) is 4.49. The van der Waals surface area contributed by atoms with Gasteiger partial charge in [-0.25, -0.2) is 9.37 Å². The van der Waals surface area contributed by atoms with E-state index < -0.39 is 12.0 Å². The second-order valence-electron chi connectivity index (χ2n) is 6.58. The molecule has 0 bridgehead atoms. The number of nitrogens with one attached hydrogen (secondary N) is 1. The average molecular weight is 426 g/mol. The van der Waals surface area contributed by atoms with Gasteiger partial charge in [0.25, 0.3) is 0 Å². The largest absolute Gasteiger partial charge is 0.494 e. The Morgan fingerprint density at radius 1 is 1.00 bits per heavy atom. The van der Waals surface area contributed by atoms with Crippen LogP contribution in [0.25, 0.3) is 11.3 Å². The molecule has 2 N–H and O–H groups in total. The molecule has 0 saturated carbocycles. The lowest BCUT2D eigenvalue weighted by atomic mass is 10.1. The van der Waals surface area contributed by atoms with Crippen molar-refractivity contribution in [3.05, 3.63) is 71.7 Å². The number of pyridine rings is 1. The van der Waals surface area contributed by atoms with E-state index >= 15 is 0 Å². The Labute approximate surface area is 179 Å². The number of aliphatic hydroxyl groups excluding tert-OH is 1. The highest BCUT2D eigenvalue weighted by molar-refractivity contribution is 5.96. The van der Waals surface area contributed by atoms with Crippen molar-refractivity contribution in [2.75, 3.05) is 27.9 Å². The van der Waals surface area contributed by atoms with Gasteiger partial charge in [0.2, 0.25) is 0 Å². The topological polar surface area (TPSA) is 89.9 Å². The smallest absolute Gasteiger partial charge is 0.194 e. The molecule has 3 aromatic rings. The van der Waals surface area contributed by atoms with Gasteiger partial charge >= 0.3 is 0 Å². The van der Waals surface area contributed by atoms with Gasteiger partial charge in [-0.15, -0.1) is 0 Å². The fourth-order valence-corrected chi connectivity index (χ4v) is 3.03. The number of carbonyl (C=O) groups is 1. The summed E-state index contributed by atoms with van der Waals surface area (Å²) in [5.41, 5.74) is 1.51. The normalized spacial score (nSPS) is 11.6. The maximum absolute atomic E-state index is 13.6. The van der Waals surface area contributed by atoms with Gasteiger partial charge in [0.05, 0.1) is 27.9 Å². The van der Waals surface area contributed by atoms with Crippen molar-refractivity contribution in [2.24, 2.45) is 0 Å². The van der Waals surface area contributed by atoms with Crippen LogP contribution in [-0.4, -0.2) is 43.7 Å². The minimum Gasteiger partial charge on any atom is -0.494 e. The molecule has 0 spiro atoms. The predicted octanol–water partition coefficient (Wildman–Crippen LogP) is 3.38. The van der Waals surface area contributed by atoms with Crippen LogP contribution in [0.2, 0.25) is 0 Å². The van der Waals surface area contributed by atoms with Crippen molar-refractivity contribution in [3.63, 3.8) is 0 Å². The maximum Gasteiger partial charge on any atom is 0.194 e. The van der Waals surface area contributed by atoms with Crippen LogP contribution >= 0.6 is 0 Å². The maximum atomic E-state index is 13.6. The summed E-state index contributed by atoms with van der Waals surface area (Å²) in [6, 6.07) is 14.0. The van der Waals surface area contributed by atoms with Crippen LogP contribution in [0.4, 0.5) is 4.39 Å². The SMILES string of the molecule is COc1ccc(C(O)NCC(=O)c2ccc(OC)c(-c3cccc(F)c3)n2)cc1OC. The first-order chi connectivity index (χ1) is 15.0. The van der Waals surface area contributed by atoms with Gasteiger partial charge in [0, 0.05) is 5.56 Å². The standard InChI is InChI=1S/C23H23FN2O5/c1-29-19-9-7-15(12-21(19)31-3)23(28)25-13-18(27)17-8-10-20(30-2)22(26-17)14-5-4-6-16(24)11-14/h4-12,23,25,28H,13H2,1-3H3. The molecule has 8 heteroatoms. The molecule has 3 rings (SSSR count). The molecule has 1 unspecified atom stereocenters. The van der Waals surface area contributed by atoms with Crippen LogP contribution in [0, 0.1) is 5.82 Å². The minimum atomic E-state index is -1.11. The zero-order valence-electron chi connectivity index (χ0n) is 17.4. The Hall–Kier alpha value is -3.49. The van der Waals surface area contributed by atoms with Crippen molar-refractivity contribution in [1.29, 1.82) is 0 Å². The average Bonchev–Trinajstić information content (AvgIpc) is 2.81. The zero-order valence-corrected chi connectivity index (χ0v) is 17.4. The Balaban J connectivity index is 1.75. The highest BCUT2D eigenvalue weighted by Crippen LogP contribution is 2.30. The number of ketones is 1. The van der Waals surface area contributed by atoms with Crippen LogP contribution in [0.3, 0.4) is 0 Å². The van der Waals surface area contributed by atoms with E-state index in [4.69, 9.17) is 14.2 Å². The van der Waals surface area contributed by atoms with Crippen molar-refractivity contribution in [1.82, 2.24) is 10.3 Å². The third kappa shape index (κ3) is 5.17. The molecular formula is C23H23FN2O5. The molecular weight excluding hydrogens is 403 g/mol. The van der Waals surface area contributed by atoms with Crippen LogP contribution in [0.15, 0.2) is 54.6 Å². The van der Waals surface area contributed by atoms with Gasteiger partial charge in [-0.1, -0.05) is 18.2 Å². The van der Waals surface area contributed by atoms with E-state index in [0.717, 1.165) is 0 Å². The monoisotopic (exact) mass is 426 g/mol. The second kappa shape index (κ2) is 10.0. The molecule has 0 aliphatic heterocycles. The van der Waals surface area contributed by atoms with Crippen molar-refractivity contribution >= 4 is 5.78 Å². The first-order valence-corrected chi connectivity index (χ1v) is 9.44. The molecule has 0 amide bonds. The molecule has 1 aromatic heterocycles. The van der Waals surface area contributed by atoms with E-state index in [9.17, 15) is 14.3 Å². The number of nitrogens with zero attached hydrogens (tertiary/aromatic N) is 1. The van der Waals surface area contributed by atoms with E-state index in [1.165, 1.54) is 39.5 Å². The highest BCUT2D eigenvalue weighted by atomic mass is 19.1. The molecule has 31 heavy (non-hydrogen) atoms. The molecule has 2 aromatic carbocycles. The Morgan fingerprint density at radius 2 is 1.71 bits per heavy atom. The van der Waals surface area contributed by atoms with E-state index in [0.29, 0.717) is 34.1 Å².